The van der Waals surface area contributed by atoms with Gasteiger partial charge in [-0.05, 0) is 44.2 Å². The van der Waals surface area contributed by atoms with E-state index in [1.54, 1.807) is 0 Å². The molecule has 0 radical (unpaired) electrons. The molecule has 1 unspecified atom stereocenters. The van der Waals surface area contributed by atoms with Gasteiger partial charge in [-0.15, -0.1) is 0 Å². The van der Waals surface area contributed by atoms with Gasteiger partial charge in [0.1, 0.15) is 0 Å². The number of nitrogens with zero attached hydrogens (tertiary/aromatic N) is 1. The molecule has 2 heteroatoms. The third kappa shape index (κ3) is 2.03. The second-order valence-electron chi connectivity index (χ2n) is 6.47. The highest BCUT2D eigenvalue weighted by Crippen LogP contribution is 2.43. The normalized spacial score (nSPS) is 23.9. The molecule has 2 nitrogen and oxygen atoms in total. The van der Waals surface area contributed by atoms with E-state index in [9.17, 15) is 5.11 Å². The zero-order chi connectivity index (χ0) is 12.8. The van der Waals surface area contributed by atoms with E-state index < -0.39 is 5.60 Å². The van der Waals surface area contributed by atoms with Crippen LogP contribution in [0.2, 0.25) is 0 Å². The molecule has 0 spiro atoms. The lowest BCUT2D eigenvalue weighted by molar-refractivity contribution is 0.0545. The minimum absolute atomic E-state index is 0.244. The molecule has 1 N–H and O–H groups in total. The molecule has 1 saturated carbocycles. The van der Waals surface area contributed by atoms with Crippen molar-refractivity contribution < 1.29 is 5.11 Å². The predicted octanol–water partition coefficient (Wildman–Crippen LogP) is 3.16. The Bertz CT molecular complexity index is 431. The quantitative estimate of drug-likeness (QED) is 0.884. The summed E-state index contributed by atoms with van der Waals surface area (Å²) in [5.41, 5.74) is 2.03. The van der Waals surface area contributed by atoms with Crippen LogP contribution in [0.5, 0.6) is 0 Å². The third-order valence-electron chi connectivity index (χ3n) is 4.61. The van der Waals surface area contributed by atoms with Crippen molar-refractivity contribution in [3.05, 3.63) is 29.8 Å². The molecule has 2 aliphatic rings. The number of rotatable bonds is 3. The van der Waals surface area contributed by atoms with E-state index in [0.29, 0.717) is 0 Å². The minimum Gasteiger partial charge on any atom is -0.390 e. The smallest absolute Gasteiger partial charge is 0.0677 e. The average molecular weight is 245 g/mol. The van der Waals surface area contributed by atoms with Gasteiger partial charge in [-0.25, -0.2) is 0 Å². The van der Waals surface area contributed by atoms with Crippen LogP contribution < -0.4 is 4.90 Å². The first-order valence-corrected chi connectivity index (χ1v) is 7.12. The lowest BCUT2D eigenvalue weighted by Crippen LogP contribution is -2.36. The van der Waals surface area contributed by atoms with E-state index in [2.05, 4.69) is 29.2 Å². The lowest BCUT2D eigenvalue weighted by atomic mass is 9.85. The van der Waals surface area contributed by atoms with Crippen molar-refractivity contribution in [3.8, 4) is 0 Å². The van der Waals surface area contributed by atoms with E-state index in [0.717, 1.165) is 12.5 Å². The van der Waals surface area contributed by atoms with E-state index >= 15 is 0 Å². The molecule has 0 amide bonds. The van der Waals surface area contributed by atoms with Gasteiger partial charge in [-0.3, -0.25) is 0 Å². The van der Waals surface area contributed by atoms with Crippen molar-refractivity contribution in [1.29, 1.82) is 0 Å². The zero-order valence-electron chi connectivity index (χ0n) is 11.4. The second kappa shape index (κ2) is 4.27. The summed E-state index contributed by atoms with van der Waals surface area (Å²) in [6.45, 7) is 6.01. The molecule has 1 aliphatic heterocycles. The molecule has 1 aliphatic carbocycles. The molecule has 0 bridgehead atoms. The average Bonchev–Trinajstić information content (AvgIpc) is 2.62. The minimum atomic E-state index is -0.634. The third-order valence-corrected chi connectivity index (χ3v) is 4.61. The van der Waals surface area contributed by atoms with Crippen molar-refractivity contribution in [1.82, 2.24) is 0 Å². The second-order valence-corrected chi connectivity index (χ2v) is 6.47. The number of anilines is 1. The maximum Gasteiger partial charge on any atom is 0.0677 e. The monoisotopic (exact) mass is 245 g/mol. The molecule has 1 atom stereocenters. The van der Waals surface area contributed by atoms with Crippen LogP contribution in [0.1, 0.15) is 44.6 Å². The number of aliphatic hydroxyl groups is 1. The summed E-state index contributed by atoms with van der Waals surface area (Å²) < 4.78 is 0. The summed E-state index contributed by atoms with van der Waals surface area (Å²) in [5.74, 6) is 1.12. The van der Waals surface area contributed by atoms with Crippen molar-refractivity contribution in [2.45, 2.75) is 44.6 Å². The first kappa shape index (κ1) is 12.0. The Morgan fingerprint density at radius 2 is 2.00 bits per heavy atom. The fourth-order valence-electron chi connectivity index (χ4n) is 3.25. The fraction of sp³-hybridized carbons (Fsp3) is 0.625. The van der Waals surface area contributed by atoms with E-state index in [1.807, 2.05) is 13.8 Å². The Balaban J connectivity index is 1.86. The Hall–Kier alpha value is -1.02. The number of benzene rings is 1. The van der Waals surface area contributed by atoms with Gasteiger partial charge in [0.2, 0.25) is 0 Å². The highest BCUT2D eigenvalue weighted by atomic mass is 16.3. The van der Waals surface area contributed by atoms with Gasteiger partial charge < -0.3 is 10.0 Å². The zero-order valence-corrected chi connectivity index (χ0v) is 11.4. The molecule has 18 heavy (non-hydrogen) atoms. The van der Waals surface area contributed by atoms with Crippen LogP contribution in [0.25, 0.3) is 0 Å². The summed E-state index contributed by atoms with van der Waals surface area (Å²) in [5, 5.41) is 10.4. The summed E-state index contributed by atoms with van der Waals surface area (Å²) in [4.78, 5) is 2.49. The molecule has 3 rings (SSSR count). The van der Waals surface area contributed by atoms with Crippen molar-refractivity contribution >= 4 is 5.69 Å². The molecular formula is C16H23NO. The van der Waals surface area contributed by atoms with E-state index in [-0.39, 0.29) is 5.92 Å². The van der Waals surface area contributed by atoms with Crippen molar-refractivity contribution in [3.63, 3.8) is 0 Å². The maximum atomic E-state index is 10.4. The van der Waals surface area contributed by atoms with Crippen molar-refractivity contribution in [2.75, 3.05) is 18.0 Å². The number of hydrogen-bond acceptors (Lipinski definition) is 2. The SMILES string of the molecule is CC(C)(O)C1CN(CC2CCC2)c2ccccc21. The van der Waals surface area contributed by atoms with Gasteiger partial charge in [0.25, 0.3) is 0 Å². The van der Waals surface area contributed by atoms with Crippen LogP contribution in [0.15, 0.2) is 24.3 Å². The van der Waals surface area contributed by atoms with Crippen LogP contribution in [-0.2, 0) is 0 Å². The molecule has 1 aromatic rings. The largest absolute Gasteiger partial charge is 0.390 e. The molecule has 1 fully saturated rings. The van der Waals surface area contributed by atoms with E-state index in [1.165, 1.54) is 37.1 Å². The molecule has 98 valence electrons. The lowest BCUT2D eigenvalue weighted by Gasteiger charge is -2.32. The first-order chi connectivity index (χ1) is 8.55. The number of para-hydroxylation sites is 1. The Labute approximate surface area is 110 Å². The highest BCUT2D eigenvalue weighted by molar-refractivity contribution is 5.61. The number of hydrogen-bond donors (Lipinski definition) is 1. The van der Waals surface area contributed by atoms with Gasteiger partial charge >= 0.3 is 0 Å². The van der Waals surface area contributed by atoms with Crippen LogP contribution in [-0.4, -0.2) is 23.8 Å². The summed E-state index contributed by atoms with van der Waals surface area (Å²) in [6.07, 6.45) is 4.16. The fourth-order valence-corrected chi connectivity index (χ4v) is 3.25. The molecule has 1 heterocycles. The van der Waals surface area contributed by atoms with Crippen LogP contribution in [0.3, 0.4) is 0 Å². The molecular weight excluding hydrogens is 222 g/mol. The van der Waals surface area contributed by atoms with Crippen LogP contribution in [0.4, 0.5) is 5.69 Å². The van der Waals surface area contributed by atoms with Gasteiger partial charge in [0, 0.05) is 24.7 Å². The Kier molecular flexibility index (Phi) is 2.86. The van der Waals surface area contributed by atoms with Crippen molar-refractivity contribution in [2.24, 2.45) is 5.92 Å². The molecule has 0 saturated heterocycles. The summed E-state index contributed by atoms with van der Waals surface area (Å²) in [6, 6.07) is 8.59. The molecule has 0 aromatic heterocycles. The van der Waals surface area contributed by atoms with Crippen LogP contribution in [0, 0.1) is 5.92 Å². The topological polar surface area (TPSA) is 23.5 Å². The predicted molar refractivity (Wildman–Crippen MR) is 75.0 cm³/mol. The summed E-state index contributed by atoms with van der Waals surface area (Å²) >= 11 is 0. The van der Waals surface area contributed by atoms with Gasteiger partial charge in [0.15, 0.2) is 0 Å². The van der Waals surface area contributed by atoms with E-state index in [4.69, 9.17) is 0 Å². The van der Waals surface area contributed by atoms with Gasteiger partial charge in [0.05, 0.1) is 5.60 Å². The highest BCUT2D eigenvalue weighted by Gasteiger charge is 2.38. The first-order valence-electron chi connectivity index (χ1n) is 7.12. The van der Waals surface area contributed by atoms with Gasteiger partial charge in [-0.1, -0.05) is 24.6 Å². The maximum absolute atomic E-state index is 10.4. The summed E-state index contributed by atoms with van der Waals surface area (Å²) in [7, 11) is 0. The Morgan fingerprint density at radius 3 is 2.61 bits per heavy atom. The van der Waals surface area contributed by atoms with Crippen LogP contribution >= 0.6 is 0 Å². The standard InChI is InChI=1S/C16H23NO/c1-16(2,18)14-11-17(10-12-6-5-7-12)15-9-4-3-8-13(14)15/h3-4,8-9,12,14,18H,5-7,10-11H2,1-2H3. The molecule has 1 aromatic carbocycles. The number of fused-ring (bicyclic) bond motifs is 1. The Morgan fingerprint density at radius 1 is 1.28 bits per heavy atom. The van der Waals surface area contributed by atoms with Gasteiger partial charge in [-0.2, -0.15) is 0 Å².